The van der Waals surface area contributed by atoms with Crippen LogP contribution in [0.25, 0.3) is 11.8 Å². The largest absolute Gasteiger partial charge is 0.493 e. The molecule has 0 atom stereocenters. The van der Waals surface area contributed by atoms with Crippen LogP contribution in [0.4, 0.5) is 0 Å². The fourth-order valence-electron chi connectivity index (χ4n) is 3.02. The minimum atomic E-state index is -0.429. The summed E-state index contributed by atoms with van der Waals surface area (Å²) < 4.78 is 10.6. The summed E-state index contributed by atoms with van der Waals surface area (Å²) in [5, 5.41) is 11.1. The van der Waals surface area contributed by atoms with Crippen LogP contribution >= 0.6 is 11.8 Å². The van der Waals surface area contributed by atoms with E-state index in [1.54, 1.807) is 43.4 Å². The molecule has 1 N–H and O–H groups in total. The standard InChI is InChI=1S/C21H17N3O3S/c1-26-17-9-8-13(11-18(17)27-2)10-15-19(22)24-16(14-6-4-3-5-7-14)12-28-21(24)23-20(15)25/h3-12,22H,1-2H3/b15-10-,22-19?. The fraction of sp³-hybridized carbons (Fsp3) is 0.0952. The first-order chi connectivity index (χ1) is 13.6. The van der Waals surface area contributed by atoms with Crippen molar-refractivity contribution in [3.63, 3.8) is 0 Å². The van der Waals surface area contributed by atoms with Crippen molar-refractivity contribution in [3.8, 4) is 11.5 Å². The third-order valence-corrected chi connectivity index (χ3v) is 5.23. The number of benzene rings is 2. The zero-order valence-corrected chi connectivity index (χ0v) is 16.1. The van der Waals surface area contributed by atoms with Crippen molar-refractivity contribution in [2.24, 2.45) is 4.99 Å². The maximum absolute atomic E-state index is 12.6. The molecule has 0 aliphatic carbocycles. The normalized spacial score (nSPS) is 17.4. The summed E-state index contributed by atoms with van der Waals surface area (Å²) in [6.07, 6.45) is 1.65. The third-order valence-electron chi connectivity index (χ3n) is 4.40. The van der Waals surface area contributed by atoms with Gasteiger partial charge >= 0.3 is 0 Å². The Morgan fingerprint density at radius 3 is 2.54 bits per heavy atom. The average molecular weight is 391 g/mol. The van der Waals surface area contributed by atoms with E-state index in [9.17, 15) is 4.79 Å². The van der Waals surface area contributed by atoms with E-state index in [4.69, 9.17) is 14.9 Å². The van der Waals surface area contributed by atoms with E-state index in [1.807, 2.05) is 35.7 Å². The number of amidine groups is 2. The number of carbonyl (C=O) groups is 1. The van der Waals surface area contributed by atoms with Crippen LogP contribution in [0.2, 0.25) is 0 Å². The van der Waals surface area contributed by atoms with Crippen LogP contribution in [-0.4, -0.2) is 36.0 Å². The number of carbonyl (C=O) groups excluding carboxylic acids is 1. The zero-order valence-electron chi connectivity index (χ0n) is 15.3. The van der Waals surface area contributed by atoms with Crippen molar-refractivity contribution in [1.82, 2.24) is 4.90 Å². The molecule has 4 rings (SSSR count). The minimum Gasteiger partial charge on any atom is -0.493 e. The summed E-state index contributed by atoms with van der Waals surface area (Å²) >= 11 is 1.34. The Labute approximate surface area is 166 Å². The molecule has 2 heterocycles. The summed E-state index contributed by atoms with van der Waals surface area (Å²) in [4.78, 5) is 18.4. The van der Waals surface area contributed by atoms with Crippen molar-refractivity contribution in [2.75, 3.05) is 14.2 Å². The van der Waals surface area contributed by atoms with Gasteiger partial charge in [-0.3, -0.25) is 15.1 Å². The van der Waals surface area contributed by atoms with Crippen molar-refractivity contribution < 1.29 is 14.3 Å². The molecule has 2 aromatic carbocycles. The monoisotopic (exact) mass is 391 g/mol. The Kier molecular flexibility index (Phi) is 4.75. The highest BCUT2D eigenvalue weighted by molar-refractivity contribution is 8.17. The molecule has 0 fully saturated rings. The van der Waals surface area contributed by atoms with Crippen LogP contribution in [0.15, 0.2) is 64.5 Å². The number of methoxy groups -OCH3 is 2. The molecule has 7 heteroatoms. The summed E-state index contributed by atoms with van der Waals surface area (Å²) in [5.41, 5.74) is 2.74. The number of ether oxygens (including phenoxy) is 2. The lowest BCUT2D eigenvalue weighted by molar-refractivity contribution is -0.114. The number of fused-ring (bicyclic) bond motifs is 1. The molecule has 28 heavy (non-hydrogen) atoms. The molecule has 0 bridgehead atoms. The van der Waals surface area contributed by atoms with Crippen LogP contribution in [0.5, 0.6) is 11.5 Å². The van der Waals surface area contributed by atoms with Gasteiger partial charge < -0.3 is 9.47 Å². The van der Waals surface area contributed by atoms with E-state index in [2.05, 4.69) is 4.99 Å². The van der Waals surface area contributed by atoms with Gasteiger partial charge in [-0.15, -0.1) is 0 Å². The Balaban J connectivity index is 1.72. The SMILES string of the molecule is COc1ccc(/C=C2/C(=N)N3C(c4ccccc4)=CSC3=NC2=O)cc1OC. The predicted molar refractivity (Wildman–Crippen MR) is 112 cm³/mol. The Morgan fingerprint density at radius 1 is 1.07 bits per heavy atom. The quantitative estimate of drug-likeness (QED) is 0.797. The smallest absolute Gasteiger partial charge is 0.283 e. The highest BCUT2D eigenvalue weighted by Crippen LogP contribution is 2.37. The minimum absolute atomic E-state index is 0.102. The topological polar surface area (TPSA) is 75.0 Å². The molecule has 0 unspecified atom stereocenters. The van der Waals surface area contributed by atoms with Gasteiger partial charge in [0, 0.05) is 5.41 Å². The second-order valence-electron chi connectivity index (χ2n) is 6.04. The molecule has 2 aromatic rings. The van der Waals surface area contributed by atoms with E-state index in [0.29, 0.717) is 16.7 Å². The number of hydrogen-bond donors (Lipinski definition) is 1. The molecule has 0 spiro atoms. The van der Waals surface area contributed by atoms with Gasteiger partial charge in [0.15, 0.2) is 16.7 Å². The number of hydrogen-bond acceptors (Lipinski definition) is 5. The van der Waals surface area contributed by atoms with E-state index in [0.717, 1.165) is 16.8 Å². The first-order valence-electron chi connectivity index (χ1n) is 8.50. The van der Waals surface area contributed by atoms with Crippen molar-refractivity contribution >= 4 is 40.4 Å². The van der Waals surface area contributed by atoms with Crippen molar-refractivity contribution in [3.05, 3.63) is 70.6 Å². The number of rotatable bonds is 4. The van der Waals surface area contributed by atoms with Crippen LogP contribution in [0.1, 0.15) is 11.1 Å². The summed E-state index contributed by atoms with van der Waals surface area (Å²) in [5.74, 6) is 0.823. The van der Waals surface area contributed by atoms with Crippen LogP contribution in [0, 0.1) is 5.41 Å². The maximum Gasteiger partial charge on any atom is 0.283 e. The number of nitrogens with one attached hydrogen (secondary N) is 1. The second-order valence-corrected chi connectivity index (χ2v) is 6.88. The number of aliphatic imine (C=N–C) groups is 1. The molecule has 2 aliphatic rings. The van der Waals surface area contributed by atoms with Gasteiger partial charge in [-0.1, -0.05) is 48.2 Å². The van der Waals surface area contributed by atoms with Gasteiger partial charge in [0.2, 0.25) is 0 Å². The first-order valence-corrected chi connectivity index (χ1v) is 9.38. The van der Waals surface area contributed by atoms with Gasteiger partial charge in [-0.25, -0.2) is 0 Å². The maximum atomic E-state index is 12.6. The van der Waals surface area contributed by atoms with Crippen molar-refractivity contribution in [1.29, 1.82) is 5.41 Å². The van der Waals surface area contributed by atoms with Gasteiger partial charge in [0.1, 0.15) is 5.84 Å². The molecule has 0 saturated heterocycles. The molecule has 1 amide bonds. The average Bonchev–Trinajstić information content (AvgIpc) is 3.15. The number of thioether (sulfide) groups is 1. The second kappa shape index (κ2) is 7.36. The fourth-order valence-corrected chi connectivity index (χ4v) is 3.91. The molecule has 140 valence electrons. The molecular formula is C21H17N3O3S. The lowest BCUT2D eigenvalue weighted by Gasteiger charge is -2.27. The van der Waals surface area contributed by atoms with Gasteiger partial charge in [0.25, 0.3) is 5.91 Å². The zero-order chi connectivity index (χ0) is 19.7. The molecule has 0 saturated carbocycles. The third kappa shape index (κ3) is 3.10. The molecular weight excluding hydrogens is 374 g/mol. The van der Waals surface area contributed by atoms with E-state index in [1.165, 1.54) is 11.8 Å². The highest BCUT2D eigenvalue weighted by Gasteiger charge is 2.36. The predicted octanol–water partition coefficient (Wildman–Crippen LogP) is 4.01. The molecule has 6 nitrogen and oxygen atoms in total. The van der Waals surface area contributed by atoms with Gasteiger partial charge in [0.05, 0.1) is 25.5 Å². The number of amides is 1. The highest BCUT2D eigenvalue weighted by atomic mass is 32.2. The summed E-state index contributed by atoms with van der Waals surface area (Å²) in [6.45, 7) is 0. The van der Waals surface area contributed by atoms with Crippen LogP contribution < -0.4 is 9.47 Å². The lowest BCUT2D eigenvalue weighted by Crippen LogP contribution is -2.38. The Morgan fingerprint density at radius 2 is 1.82 bits per heavy atom. The van der Waals surface area contributed by atoms with Crippen LogP contribution in [0.3, 0.4) is 0 Å². The molecule has 2 aliphatic heterocycles. The van der Waals surface area contributed by atoms with Crippen molar-refractivity contribution in [2.45, 2.75) is 0 Å². The first kappa shape index (κ1) is 18.1. The lowest BCUT2D eigenvalue weighted by atomic mass is 10.1. The van der Waals surface area contributed by atoms with Gasteiger partial charge in [-0.05, 0) is 29.3 Å². The van der Waals surface area contributed by atoms with E-state index < -0.39 is 5.91 Å². The summed E-state index contributed by atoms with van der Waals surface area (Å²) in [7, 11) is 3.12. The Hall–Kier alpha value is -3.32. The van der Waals surface area contributed by atoms with E-state index >= 15 is 0 Å². The molecule has 0 aromatic heterocycles. The molecule has 0 radical (unpaired) electrons. The number of nitrogens with zero attached hydrogens (tertiary/aromatic N) is 2. The van der Waals surface area contributed by atoms with Crippen LogP contribution in [-0.2, 0) is 4.79 Å². The summed E-state index contributed by atoms with van der Waals surface area (Å²) in [6, 6.07) is 15.1. The van der Waals surface area contributed by atoms with E-state index in [-0.39, 0.29) is 11.4 Å². The van der Waals surface area contributed by atoms with Gasteiger partial charge in [-0.2, -0.15) is 4.99 Å². The Bertz CT molecular complexity index is 1060.